The van der Waals surface area contributed by atoms with Gasteiger partial charge in [0.15, 0.2) is 0 Å². The molecule has 1 heterocycles. The third-order valence-corrected chi connectivity index (χ3v) is 4.93. The molecule has 0 aromatic heterocycles. The number of nitrogens with zero attached hydrogens (tertiary/aromatic N) is 3. The third-order valence-electron chi connectivity index (χ3n) is 4.93. The first-order valence-electron chi connectivity index (χ1n) is 10.1. The van der Waals surface area contributed by atoms with Gasteiger partial charge in [0, 0.05) is 31.9 Å². The molecule has 0 radical (unpaired) electrons. The van der Waals surface area contributed by atoms with Crippen molar-refractivity contribution in [3.8, 4) is 0 Å². The van der Waals surface area contributed by atoms with E-state index < -0.39 is 17.2 Å². The second kappa shape index (κ2) is 9.44. The van der Waals surface area contributed by atoms with Crippen LogP contribution in [0.2, 0.25) is 0 Å². The summed E-state index contributed by atoms with van der Waals surface area (Å²) < 4.78 is 40.9. The molecule has 3 N–H and O–H groups in total. The number of hydrogen-bond acceptors (Lipinski definition) is 4. The zero-order valence-electron chi connectivity index (χ0n) is 18.2. The number of nitrogens with two attached hydrogens (primary N) is 1. The number of carbonyl (C=O) groups is 1. The van der Waals surface area contributed by atoms with Crippen LogP contribution in [0.5, 0.6) is 0 Å². The zero-order chi connectivity index (χ0) is 23.5. The van der Waals surface area contributed by atoms with Crippen LogP contribution in [0.4, 0.5) is 18.9 Å². The Balaban J connectivity index is 1.96. The second-order valence-electron chi connectivity index (χ2n) is 8.10. The number of anilines is 1. The highest BCUT2D eigenvalue weighted by molar-refractivity contribution is 5.94. The SMILES string of the molecule is CN=C1CN(C(=O)C(C)(C)N)CCN1/C(=C/c1cc(F)cc(F)c1)Nc1ccc(F)cc1. The van der Waals surface area contributed by atoms with E-state index in [1.807, 2.05) is 4.90 Å². The largest absolute Gasteiger partial charge is 0.342 e. The first-order chi connectivity index (χ1) is 15.1. The van der Waals surface area contributed by atoms with Crippen molar-refractivity contribution >= 4 is 23.5 Å². The zero-order valence-corrected chi connectivity index (χ0v) is 18.2. The number of nitrogens with one attached hydrogen (secondary N) is 1. The molecule has 0 atom stereocenters. The van der Waals surface area contributed by atoms with Gasteiger partial charge in [-0.25, -0.2) is 13.2 Å². The molecular formula is C23H26F3N5O. The van der Waals surface area contributed by atoms with Crippen LogP contribution in [0.15, 0.2) is 53.3 Å². The molecule has 0 saturated carbocycles. The van der Waals surface area contributed by atoms with Crippen LogP contribution in [0, 0.1) is 17.5 Å². The van der Waals surface area contributed by atoms with Crippen molar-refractivity contribution in [3.63, 3.8) is 0 Å². The number of carbonyl (C=O) groups excluding carboxylic acids is 1. The lowest BCUT2D eigenvalue weighted by molar-refractivity contribution is -0.135. The molecule has 2 aromatic rings. The van der Waals surface area contributed by atoms with Crippen LogP contribution in [0.25, 0.3) is 6.08 Å². The van der Waals surface area contributed by atoms with E-state index in [0.29, 0.717) is 36.0 Å². The highest BCUT2D eigenvalue weighted by atomic mass is 19.1. The van der Waals surface area contributed by atoms with Crippen molar-refractivity contribution in [1.29, 1.82) is 0 Å². The molecule has 32 heavy (non-hydrogen) atoms. The normalized spacial score (nSPS) is 16.5. The topological polar surface area (TPSA) is 74.0 Å². The summed E-state index contributed by atoms with van der Waals surface area (Å²) in [6.07, 6.45) is 1.57. The maximum absolute atomic E-state index is 13.8. The molecule has 3 rings (SSSR count). The van der Waals surface area contributed by atoms with Gasteiger partial charge in [0.2, 0.25) is 5.91 Å². The average Bonchev–Trinajstić information content (AvgIpc) is 2.72. The Kier molecular flexibility index (Phi) is 6.88. The number of amides is 1. The molecule has 0 aliphatic carbocycles. The molecule has 0 bridgehead atoms. The van der Waals surface area contributed by atoms with E-state index in [4.69, 9.17) is 5.73 Å². The summed E-state index contributed by atoms with van der Waals surface area (Å²) >= 11 is 0. The summed E-state index contributed by atoms with van der Waals surface area (Å²) in [5.74, 6) is -0.972. The minimum absolute atomic E-state index is 0.206. The minimum atomic E-state index is -1.02. The molecule has 1 aliphatic heterocycles. The molecule has 0 unspecified atom stereocenters. The quantitative estimate of drug-likeness (QED) is 0.740. The molecule has 1 fully saturated rings. The number of halogens is 3. The van der Waals surface area contributed by atoms with Crippen LogP contribution >= 0.6 is 0 Å². The predicted octanol–water partition coefficient (Wildman–Crippen LogP) is 3.42. The van der Waals surface area contributed by atoms with Gasteiger partial charge < -0.3 is 20.9 Å². The predicted molar refractivity (Wildman–Crippen MR) is 119 cm³/mol. The Labute approximate surface area is 185 Å². The molecule has 170 valence electrons. The van der Waals surface area contributed by atoms with E-state index in [9.17, 15) is 18.0 Å². The van der Waals surface area contributed by atoms with Gasteiger partial charge in [-0.2, -0.15) is 0 Å². The summed E-state index contributed by atoms with van der Waals surface area (Å²) in [6.45, 7) is 4.25. The molecular weight excluding hydrogens is 419 g/mol. The second-order valence-corrected chi connectivity index (χ2v) is 8.10. The van der Waals surface area contributed by atoms with Crippen molar-refractivity contribution in [2.24, 2.45) is 10.7 Å². The van der Waals surface area contributed by atoms with Crippen LogP contribution in [0.3, 0.4) is 0 Å². The number of aliphatic imine (C=N–C) groups is 1. The lowest BCUT2D eigenvalue weighted by atomic mass is 10.0. The van der Waals surface area contributed by atoms with Crippen molar-refractivity contribution in [1.82, 2.24) is 9.80 Å². The highest BCUT2D eigenvalue weighted by Crippen LogP contribution is 2.21. The van der Waals surface area contributed by atoms with Crippen LogP contribution in [0.1, 0.15) is 19.4 Å². The summed E-state index contributed by atoms with van der Waals surface area (Å²) in [6, 6.07) is 8.91. The van der Waals surface area contributed by atoms with Crippen LogP contribution in [-0.4, -0.2) is 53.8 Å². The van der Waals surface area contributed by atoms with Crippen LogP contribution < -0.4 is 11.1 Å². The fourth-order valence-electron chi connectivity index (χ4n) is 3.40. The molecule has 0 spiro atoms. The lowest BCUT2D eigenvalue weighted by Crippen LogP contribution is -2.58. The minimum Gasteiger partial charge on any atom is -0.342 e. The fourth-order valence-corrected chi connectivity index (χ4v) is 3.40. The Bertz CT molecular complexity index is 1020. The standard InChI is InChI=1S/C23H26F3N5O/c1-23(2,27)22(32)30-8-9-31(21(14-30)28-3)20(29-19-6-4-16(24)5-7-19)12-15-10-17(25)13-18(26)11-15/h4-7,10-13,29H,8-9,14,27H2,1-3H3/b20-12+,28-21?. The summed E-state index contributed by atoms with van der Waals surface area (Å²) in [4.78, 5) is 20.4. The van der Waals surface area contributed by atoms with Gasteiger partial charge in [0.05, 0.1) is 12.1 Å². The van der Waals surface area contributed by atoms with Gasteiger partial charge in [-0.05, 0) is 61.9 Å². The third kappa shape index (κ3) is 5.67. The number of benzene rings is 2. The lowest BCUT2D eigenvalue weighted by Gasteiger charge is -2.40. The van der Waals surface area contributed by atoms with E-state index >= 15 is 0 Å². The van der Waals surface area contributed by atoms with E-state index in [1.54, 1.807) is 44.0 Å². The number of piperazine rings is 1. The molecule has 9 heteroatoms. The number of amidine groups is 1. The van der Waals surface area contributed by atoms with Crippen molar-refractivity contribution in [2.75, 3.05) is 32.0 Å². The average molecular weight is 445 g/mol. The van der Waals surface area contributed by atoms with E-state index in [-0.39, 0.29) is 18.3 Å². The first kappa shape index (κ1) is 23.3. The Morgan fingerprint density at radius 3 is 2.25 bits per heavy atom. The Morgan fingerprint density at radius 2 is 1.69 bits per heavy atom. The monoisotopic (exact) mass is 445 g/mol. The Morgan fingerprint density at radius 1 is 1.06 bits per heavy atom. The molecule has 2 aromatic carbocycles. The van der Waals surface area contributed by atoms with Gasteiger partial charge in [0.1, 0.15) is 29.1 Å². The molecule has 6 nitrogen and oxygen atoms in total. The van der Waals surface area contributed by atoms with E-state index in [1.165, 1.54) is 24.3 Å². The summed E-state index contributed by atoms with van der Waals surface area (Å²) in [7, 11) is 1.60. The van der Waals surface area contributed by atoms with Crippen LogP contribution in [-0.2, 0) is 4.79 Å². The van der Waals surface area contributed by atoms with Crippen molar-refractivity contribution < 1.29 is 18.0 Å². The maximum atomic E-state index is 13.8. The van der Waals surface area contributed by atoms with Gasteiger partial charge in [-0.15, -0.1) is 0 Å². The fraction of sp³-hybridized carbons (Fsp3) is 0.304. The number of hydrogen-bond donors (Lipinski definition) is 2. The Hall–Kier alpha value is -3.33. The highest BCUT2D eigenvalue weighted by Gasteiger charge is 2.33. The maximum Gasteiger partial charge on any atom is 0.242 e. The van der Waals surface area contributed by atoms with Gasteiger partial charge >= 0.3 is 0 Å². The molecule has 1 amide bonds. The van der Waals surface area contributed by atoms with Gasteiger partial charge in [-0.3, -0.25) is 9.79 Å². The van der Waals surface area contributed by atoms with Gasteiger partial charge in [0.25, 0.3) is 0 Å². The van der Waals surface area contributed by atoms with Crippen molar-refractivity contribution in [2.45, 2.75) is 19.4 Å². The molecule has 1 saturated heterocycles. The van der Waals surface area contributed by atoms with Gasteiger partial charge in [-0.1, -0.05) is 0 Å². The van der Waals surface area contributed by atoms with E-state index in [2.05, 4.69) is 10.3 Å². The smallest absolute Gasteiger partial charge is 0.242 e. The van der Waals surface area contributed by atoms with Crippen molar-refractivity contribution in [3.05, 3.63) is 71.3 Å². The number of rotatable bonds is 5. The van der Waals surface area contributed by atoms with E-state index in [0.717, 1.165) is 6.07 Å². The summed E-state index contributed by atoms with van der Waals surface area (Å²) in [5, 5.41) is 3.17. The first-order valence-corrected chi connectivity index (χ1v) is 10.1. The summed E-state index contributed by atoms with van der Waals surface area (Å²) in [5.41, 5.74) is 5.81. The molecule has 1 aliphatic rings.